The number of nitrogens with one attached hydrogen (secondary N) is 1. The van der Waals surface area contributed by atoms with Crippen molar-refractivity contribution in [2.45, 2.75) is 23.8 Å². The minimum absolute atomic E-state index is 0.0910. The highest BCUT2D eigenvalue weighted by Crippen LogP contribution is 2.31. The van der Waals surface area contributed by atoms with Crippen molar-refractivity contribution >= 4 is 37.5 Å². The summed E-state index contributed by atoms with van der Waals surface area (Å²) in [5.74, 6) is -0.286. The maximum absolute atomic E-state index is 12.7. The van der Waals surface area contributed by atoms with Crippen LogP contribution in [-0.2, 0) is 14.8 Å². The van der Waals surface area contributed by atoms with Crippen molar-refractivity contribution in [2.75, 3.05) is 19.3 Å². The minimum atomic E-state index is -3.75. The van der Waals surface area contributed by atoms with E-state index in [4.69, 9.17) is 5.73 Å². The molecule has 0 radical (unpaired) electrons. The number of benzene rings is 1. The second-order valence-corrected chi connectivity index (χ2v) is 7.29. The normalized spacial score (nSPS) is 20.0. The highest BCUT2D eigenvalue weighted by Gasteiger charge is 2.39. The lowest BCUT2D eigenvalue weighted by Crippen LogP contribution is -2.44. The lowest BCUT2D eigenvalue weighted by atomic mass is 10.2. The van der Waals surface area contributed by atoms with Crippen LogP contribution in [0.25, 0.3) is 0 Å². The first kappa shape index (κ1) is 15.3. The average molecular weight is 362 g/mol. The molecule has 110 valence electrons. The molecule has 1 atom stereocenters. The van der Waals surface area contributed by atoms with E-state index in [0.717, 1.165) is 0 Å². The number of anilines is 1. The Morgan fingerprint density at radius 2 is 2.20 bits per heavy atom. The van der Waals surface area contributed by atoms with Crippen molar-refractivity contribution in [2.24, 2.45) is 0 Å². The number of likely N-dealkylation sites (N-methyl/N-ethyl adjacent to an activating group) is 1. The molecule has 20 heavy (non-hydrogen) atoms. The molecular weight excluding hydrogens is 346 g/mol. The fraction of sp³-hybridized carbons (Fsp3) is 0.417. The van der Waals surface area contributed by atoms with Gasteiger partial charge >= 0.3 is 0 Å². The van der Waals surface area contributed by atoms with Gasteiger partial charge in [-0.1, -0.05) is 0 Å². The van der Waals surface area contributed by atoms with Crippen LogP contribution in [0.1, 0.15) is 12.8 Å². The molecule has 1 fully saturated rings. The summed E-state index contributed by atoms with van der Waals surface area (Å²) in [7, 11) is -2.25. The molecule has 0 aromatic heterocycles. The van der Waals surface area contributed by atoms with Crippen LogP contribution in [0.4, 0.5) is 5.69 Å². The average Bonchev–Trinajstić information content (AvgIpc) is 2.90. The Balaban J connectivity index is 2.44. The molecule has 1 aliphatic heterocycles. The predicted molar refractivity (Wildman–Crippen MR) is 79.5 cm³/mol. The third-order valence-electron chi connectivity index (χ3n) is 3.29. The molecule has 0 saturated carbocycles. The quantitative estimate of drug-likeness (QED) is 0.783. The van der Waals surface area contributed by atoms with Crippen LogP contribution in [0.15, 0.2) is 27.6 Å². The van der Waals surface area contributed by atoms with Gasteiger partial charge in [-0.3, -0.25) is 4.79 Å². The van der Waals surface area contributed by atoms with Gasteiger partial charge in [0.05, 0.1) is 4.90 Å². The molecule has 6 nitrogen and oxygen atoms in total. The molecule has 2 rings (SSSR count). The van der Waals surface area contributed by atoms with E-state index in [9.17, 15) is 13.2 Å². The number of sulfonamides is 1. The van der Waals surface area contributed by atoms with Crippen molar-refractivity contribution in [3.05, 3.63) is 22.7 Å². The van der Waals surface area contributed by atoms with Gasteiger partial charge in [-0.2, -0.15) is 4.31 Å². The van der Waals surface area contributed by atoms with Crippen LogP contribution in [0.3, 0.4) is 0 Å². The summed E-state index contributed by atoms with van der Waals surface area (Å²) in [6, 6.07) is 3.95. The maximum Gasteiger partial charge on any atom is 0.245 e. The smallest absolute Gasteiger partial charge is 0.245 e. The largest absolute Gasteiger partial charge is 0.399 e. The number of hydrogen-bond acceptors (Lipinski definition) is 4. The second kappa shape index (κ2) is 5.71. The molecule has 0 aliphatic carbocycles. The molecule has 1 aromatic carbocycles. The Kier molecular flexibility index (Phi) is 4.36. The highest BCUT2D eigenvalue weighted by molar-refractivity contribution is 9.10. The summed E-state index contributed by atoms with van der Waals surface area (Å²) in [5.41, 5.74) is 6.02. The molecule has 3 N–H and O–H groups in total. The summed E-state index contributed by atoms with van der Waals surface area (Å²) < 4.78 is 27.1. The minimum Gasteiger partial charge on any atom is -0.399 e. The van der Waals surface area contributed by atoms with Gasteiger partial charge in [-0.15, -0.1) is 0 Å². The lowest BCUT2D eigenvalue weighted by molar-refractivity contribution is -0.123. The van der Waals surface area contributed by atoms with Crippen LogP contribution in [0.5, 0.6) is 0 Å². The van der Waals surface area contributed by atoms with E-state index in [1.165, 1.54) is 17.4 Å². The third-order valence-corrected chi connectivity index (χ3v) is 6.20. The van der Waals surface area contributed by atoms with Crippen LogP contribution in [0.2, 0.25) is 0 Å². The van der Waals surface area contributed by atoms with Crippen molar-refractivity contribution in [1.29, 1.82) is 0 Å². The van der Waals surface area contributed by atoms with Gasteiger partial charge in [0.15, 0.2) is 0 Å². The maximum atomic E-state index is 12.7. The number of rotatable bonds is 3. The van der Waals surface area contributed by atoms with Gasteiger partial charge in [-0.05, 0) is 47.0 Å². The molecule has 0 bridgehead atoms. The Bertz CT molecular complexity index is 633. The summed E-state index contributed by atoms with van der Waals surface area (Å²) in [6.07, 6.45) is 1.19. The Labute approximate surface area is 126 Å². The first-order valence-corrected chi connectivity index (χ1v) is 8.39. The van der Waals surface area contributed by atoms with Gasteiger partial charge in [0, 0.05) is 23.8 Å². The lowest BCUT2D eigenvalue weighted by Gasteiger charge is -2.23. The first-order valence-electron chi connectivity index (χ1n) is 6.16. The zero-order valence-electron chi connectivity index (χ0n) is 11.0. The standard InChI is InChI=1S/C12H16BrN3O3S/c1-15-12(17)10-3-2-6-16(10)20(18,19)11-7-8(14)4-5-9(11)13/h4-5,7,10H,2-3,6,14H2,1H3,(H,15,17). The fourth-order valence-corrected chi connectivity index (χ4v) is 4.92. The SMILES string of the molecule is CNC(=O)C1CCCN1S(=O)(=O)c1cc(N)ccc1Br. The number of hydrogen-bond donors (Lipinski definition) is 2. The molecule has 8 heteroatoms. The van der Waals surface area contributed by atoms with E-state index in [-0.39, 0.29) is 10.8 Å². The number of nitrogen functional groups attached to an aromatic ring is 1. The van der Waals surface area contributed by atoms with Crippen LogP contribution in [0, 0.1) is 0 Å². The topological polar surface area (TPSA) is 92.5 Å². The molecular formula is C12H16BrN3O3S. The van der Waals surface area contributed by atoms with Crippen LogP contribution >= 0.6 is 15.9 Å². The Morgan fingerprint density at radius 3 is 2.85 bits per heavy atom. The summed E-state index contributed by atoms with van der Waals surface area (Å²) in [6.45, 7) is 0.335. The Morgan fingerprint density at radius 1 is 1.50 bits per heavy atom. The molecule has 1 unspecified atom stereocenters. The number of carbonyl (C=O) groups is 1. The van der Waals surface area contributed by atoms with Crippen molar-refractivity contribution in [1.82, 2.24) is 9.62 Å². The van der Waals surface area contributed by atoms with Crippen molar-refractivity contribution < 1.29 is 13.2 Å². The van der Waals surface area contributed by atoms with Crippen molar-refractivity contribution in [3.8, 4) is 0 Å². The van der Waals surface area contributed by atoms with Gasteiger partial charge in [0.1, 0.15) is 6.04 Å². The van der Waals surface area contributed by atoms with E-state index in [2.05, 4.69) is 21.2 Å². The van der Waals surface area contributed by atoms with Crippen molar-refractivity contribution in [3.63, 3.8) is 0 Å². The summed E-state index contributed by atoms with van der Waals surface area (Å²) in [4.78, 5) is 11.9. The Hall–Kier alpha value is -1.12. The number of halogens is 1. The number of nitrogens with two attached hydrogens (primary N) is 1. The first-order chi connectivity index (χ1) is 9.37. The molecule has 1 heterocycles. The summed E-state index contributed by atoms with van der Waals surface area (Å²) in [5, 5.41) is 2.50. The van der Waals surface area contributed by atoms with Crippen LogP contribution in [-0.4, -0.2) is 38.3 Å². The highest BCUT2D eigenvalue weighted by atomic mass is 79.9. The third kappa shape index (κ3) is 2.68. The number of amides is 1. The number of carbonyl (C=O) groups excluding carboxylic acids is 1. The van der Waals surface area contributed by atoms with Crippen LogP contribution < -0.4 is 11.1 Å². The zero-order chi connectivity index (χ0) is 14.9. The van der Waals surface area contributed by atoms with E-state index in [1.54, 1.807) is 12.1 Å². The number of nitrogens with zero attached hydrogens (tertiary/aromatic N) is 1. The molecule has 1 aliphatic rings. The van der Waals surface area contributed by atoms with E-state index >= 15 is 0 Å². The zero-order valence-corrected chi connectivity index (χ0v) is 13.4. The van der Waals surface area contributed by atoms with E-state index < -0.39 is 16.1 Å². The second-order valence-electron chi connectivity index (χ2n) is 4.58. The summed E-state index contributed by atoms with van der Waals surface area (Å²) >= 11 is 3.23. The van der Waals surface area contributed by atoms with E-state index in [0.29, 0.717) is 29.5 Å². The molecule has 1 amide bonds. The molecule has 1 saturated heterocycles. The van der Waals surface area contributed by atoms with Gasteiger partial charge < -0.3 is 11.1 Å². The van der Waals surface area contributed by atoms with Gasteiger partial charge in [0.2, 0.25) is 15.9 Å². The monoisotopic (exact) mass is 361 g/mol. The van der Waals surface area contributed by atoms with Gasteiger partial charge in [-0.25, -0.2) is 8.42 Å². The molecule has 1 aromatic rings. The van der Waals surface area contributed by atoms with E-state index in [1.807, 2.05) is 0 Å². The fourth-order valence-electron chi connectivity index (χ4n) is 2.30. The predicted octanol–water partition coefficient (Wildman–Crippen LogP) is 0.930. The molecule has 0 spiro atoms. The van der Waals surface area contributed by atoms with Gasteiger partial charge in [0.25, 0.3) is 0 Å².